The van der Waals surface area contributed by atoms with Gasteiger partial charge in [0.05, 0.1) is 12.2 Å². The topological polar surface area (TPSA) is 54.4 Å². The zero-order valence-corrected chi connectivity index (χ0v) is 8.71. The van der Waals surface area contributed by atoms with E-state index < -0.39 is 50.2 Å². The van der Waals surface area contributed by atoms with Crippen molar-refractivity contribution in [1.29, 1.82) is 0 Å². The van der Waals surface area contributed by atoms with Crippen LogP contribution in [0.3, 0.4) is 0 Å². The molecule has 0 bridgehead atoms. The van der Waals surface area contributed by atoms with Crippen LogP contribution in [0, 0.1) is 23.3 Å². The standard InChI is InChI=1S/C8H6F4O3S/c1-16(14,15)8-6(11)4(9)3(2-13)5(10)7(8)12/h13H,2H2,1H3. The number of hydrogen-bond acceptors (Lipinski definition) is 3. The highest BCUT2D eigenvalue weighted by molar-refractivity contribution is 7.90. The summed E-state index contributed by atoms with van der Waals surface area (Å²) in [5.41, 5.74) is -1.25. The molecule has 0 heterocycles. The molecule has 90 valence electrons. The molecule has 1 N–H and O–H groups in total. The largest absolute Gasteiger partial charge is 0.391 e. The summed E-state index contributed by atoms with van der Waals surface area (Å²) in [6.07, 6.45) is 0.409. The van der Waals surface area contributed by atoms with E-state index in [1.54, 1.807) is 0 Å². The zero-order valence-electron chi connectivity index (χ0n) is 7.89. The summed E-state index contributed by atoms with van der Waals surface area (Å²) >= 11 is 0. The van der Waals surface area contributed by atoms with E-state index in [-0.39, 0.29) is 0 Å². The predicted molar refractivity (Wildman–Crippen MR) is 45.3 cm³/mol. The zero-order chi connectivity index (χ0) is 12.7. The number of benzene rings is 1. The molecular formula is C8H6F4O3S. The van der Waals surface area contributed by atoms with E-state index in [4.69, 9.17) is 5.11 Å². The second-order valence-corrected chi connectivity index (χ2v) is 4.95. The van der Waals surface area contributed by atoms with E-state index >= 15 is 0 Å². The molecule has 0 amide bonds. The van der Waals surface area contributed by atoms with Crippen LogP contribution in [-0.2, 0) is 16.4 Å². The quantitative estimate of drug-likeness (QED) is 0.639. The Morgan fingerprint density at radius 2 is 1.38 bits per heavy atom. The molecule has 0 atom stereocenters. The van der Waals surface area contributed by atoms with Crippen LogP contribution in [0.4, 0.5) is 17.6 Å². The average Bonchev–Trinajstić information content (AvgIpc) is 2.14. The molecule has 0 aliphatic heterocycles. The van der Waals surface area contributed by atoms with Crippen LogP contribution in [-0.4, -0.2) is 19.8 Å². The molecule has 0 radical (unpaired) electrons. The summed E-state index contributed by atoms with van der Waals surface area (Å²) in [6, 6.07) is 0. The molecular weight excluding hydrogens is 252 g/mol. The summed E-state index contributed by atoms with van der Waals surface area (Å²) in [5, 5.41) is 8.48. The molecule has 0 spiro atoms. The number of aliphatic hydroxyl groups excluding tert-OH is 1. The molecule has 1 rings (SSSR count). The first-order chi connectivity index (χ1) is 7.21. The van der Waals surface area contributed by atoms with Crippen molar-refractivity contribution in [2.75, 3.05) is 6.26 Å². The Balaban J connectivity index is 3.82. The van der Waals surface area contributed by atoms with Gasteiger partial charge in [-0.3, -0.25) is 0 Å². The molecule has 1 aromatic rings. The third-order valence-electron chi connectivity index (χ3n) is 1.84. The minimum Gasteiger partial charge on any atom is -0.391 e. The van der Waals surface area contributed by atoms with Gasteiger partial charge in [0.2, 0.25) is 0 Å². The Labute approximate surface area is 88.2 Å². The van der Waals surface area contributed by atoms with Gasteiger partial charge in [0.1, 0.15) is 4.90 Å². The molecule has 8 heteroatoms. The van der Waals surface area contributed by atoms with Gasteiger partial charge in [-0.1, -0.05) is 0 Å². The molecule has 0 fully saturated rings. The molecule has 16 heavy (non-hydrogen) atoms. The first-order valence-corrected chi connectivity index (χ1v) is 5.76. The molecule has 3 nitrogen and oxygen atoms in total. The van der Waals surface area contributed by atoms with Crippen molar-refractivity contribution in [2.24, 2.45) is 0 Å². The normalized spacial score (nSPS) is 11.9. The van der Waals surface area contributed by atoms with Crippen LogP contribution < -0.4 is 0 Å². The summed E-state index contributed by atoms with van der Waals surface area (Å²) in [4.78, 5) is -1.68. The van der Waals surface area contributed by atoms with Crippen molar-refractivity contribution in [3.8, 4) is 0 Å². The fourth-order valence-electron chi connectivity index (χ4n) is 1.12. The van der Waals surface area contributed by atoms with E-state index in [1.807, 2.05) is 0 Å². The van der Waals surface area contributed by atoms with Crippen LogP contribution in [0.15, 0.2) is 4.90 Å². The van der Waals surface area contributed by atoms with Crippen LogP contribution >= 0.6 is 0 Å². The van der Waals surface area contributed by atoms with Crippen molar-refractivity contribution in [1.82, 2.24) is 0 Å². The number of rotatable bonds is 2. The van der Waals surface area contributed by atoms with E-state index in [0.717, 1.165) is 0 Å². The number of hydrogen-bond donors (Lipinski definition) is 1. The molecule has 0 unspecified atom stereocenters. The highest BCUT2D eigenvalue weighted by atomic mass is 32.2. The summed E-state index contributed by atoms with van der Waals surface area (Å²) < 4.78 is 74.1. The van der Waals surface area contributed by atoms with Crippen molar-refractivity contribution in [3.63, 3.8) is 0 Å². The smallest absolute Gasteiger partial charge is 0.181 e. The minimum absolute atomic E-state index is 0.409. The first-order valence-electron chi connectivity index (χ1n) is 3.87. The van der Waals surface area contributed by atoms with Crippen molar-refractivity contribution < 1.29 is 31.1 Å². The van der Waals surface area contributed by atoms with Gasteiger partial charge in [-0.2, -0.15) is 0 Å². The highest BCUT2D eigenvalue weighted by Gasteiger charge is 2.30. The lowest BCUT2D eigenvalue weighted by molar-refractivity contribution is 0.260. The molecule has 0 saturated heterocycles. The van der Waals surface area contributed by atoms with E-state index in [2.05, 4.69) is 0 Å². The molecule has 0 aromatic heterocycles. The van der Waals surface area contributed by atoms with Crippen LogP contribution in [0.1, 0.15) is 5.56 Å². The molecule has 1 aromatic carbocycles. The van der Waals surface area contributed by atoms with Gasteiger partial charge in [-0.25, -0.2) is 26.0 Å². The Bertz CT molecular complexity index is 510. The second kappa shape index (κ2) is 4.02. The first kappa shape index (κ1) is 12.9. The van der Waals surface area contributed by atoms with Crippen molar-refractivity contribution in [2.45, 2.75) is 11.5 Å². The Morgan fingerprint density at radius 1 is 1.00 bits per heavy atom. The lowest BCUT2D eigenvalue weighted by Gasteiger charge is -2.08. The lowest BCUT2D eigenvalue weighted by Crippen LogP contribution is -2.12. The lowest BCUT2D eigenvalue weighted by atomic mass is 10.2. The van der Waals surface area contributed by atoms with Crippen molar-refractivity contribution in [3.05, 3.63) is 28.8 Å². The maximum atomic E-state index is 13.1. The summed E-state index contributed by atoms with van der Waals surface area (Å²) in [6.45, 7) is -1.28. The SMILES string of the molecule is CS(=O)(=O)c1c(F)c(F)c(CO)c(F)c1F. The predicted octanol–water partition coefficient (Wildman–Crippen LogP) is 1.14. The van der Waals surface area contributed by atoms with Gasteiger partial charge in [0.15, 0.2) is 33.1 Å². The Morgan fingerprint density at radius 3 is 1.62 bits per heavy atom. The van der Waals surface area contributed by atoms with Crippen LogP contribution in [0.2, 0.25) is 0 Å². The number of halogens is 4. The maximum Gasteiger partial charge on any atom is 0.181 e. The van der Waals surface area contributed by atoms with E-state index in [0.29, 0.717) is 6.26 Å². The van der Waals surface area contributed by atoms with Gasteiger partial charge in [-0.15, -0.1) is 0 Å². The van der Waals surface area contributed by atoms with E-state index in [1.165, 1.54) is 0 Å². The monoisotopic (exact) mass is 258 g/mol. The van der Waals surface area contributed by atoms with E-state index in [9.17, 15) is 26.0 Å². The van der Waals surface area contributed by atoms with Gasteiger partial charge >= 0.3 is 0 Å². The third-order valence-corrected chi connectivity index (χ3v) is 2.94. The average molecular weight is 258 g/mol. The van der Waals surface area contributed by atoms with Crippen LogP contribution in [0.5, 0.6) is 0 Å². The minimum atomic E-state index is -4.45. The van der Waals surface area contributed by atoms with Gasteiger partial charge in [-0.05, 0) is 0 Å². The fraction of sp³-hybridized carbons (Fsp3) is 0.250. The number of sulfone groups is 1. The fourth-order valence-corrected chi connectivity index (χ4v) is 1.95. The molecule has 0 saturated carbocycles. The molecule has 0 aliphatic carbocycles. The maximum absolute atomic E-state index is 13.1. The summed E-state index contributed by atoms with van der Waals surface area (Å²) in [7, 11) is -4.45. The van der Waals surface area contributed by atoms with Crippen LogP contribution in [0.25, 0.3) is 0 Å². The highest BCUT2D eigenvalue weighted by Crippen LogP contribution is 2.27. The molecule has 0 aliphatic rings. The third kappa shape index (κ3) is 1.90. The Hall–Kier alpha value is -1.15. The van der Waals surface area contributed by atoms with Gasteiger partial charge in [0, 0.05) is 6.26 Å². The number of aliphatic hydroxyl groups is 1. The van der Waals surface area contributed by atoms with Gasteiger partial charge in [0.25, 0.3) is 0 Å². The summed E-state index contributed by atoms with van der Waals surface area (Å²) in [5.74, 6) is -7.90. The Kier molecular flexibility index (Phi) is 3.25. The van der Waals surface area contributed by atoms with Gasteiger partial charge < -0.3 is 5.11 Å². The second-order valence-electron chi connectivity index (χ2n) is 2.99. The van der Waals surface area contributed by atoms with Crippen molar-refractivity contribution >= 4 is 9.84 Å².